The number of benzene rings is 3. The Morgan fingerprint density at radius 1 is 1.05 bits per heavy atom. The number of sulfone groups is 1. The van der Waals surface area contributed by atoms with E-state index in [1.165, 1.54) is 49.4 Å². The van der Waals surface area contributed by atoms with Crippen molar-refractivity contribution < 1.29 is 35.9 Å². The maximum absolute atomic E-state index is 13.6. The summed E-state index contributed by atoms with van der Waals surface area (Å²) in [6.07, 6.45) is -5.05. The summed E-state index contributed by atoms with van der Waals surface area (Å²) in [5.74, 6) is -0.828. The molecule has 0 saturated carbocycles. The number of halogens is 4. The second-order valence-corrected chi connectivity index (χ2v) is 10.8. The third-order valence-electron chi connectivity index (χ3n) is 6.02. The van der Waals surface area contributed by atoms with Gasteiger partial charge in [0.15, 0.2) is 5.84 Å². The van der Waals surface area contributed by atoms with E-state index >= 15 is 0 Å². The number of ether oxygens (including phenoxy) is 1. The molecule has 1 unspecified atom stereocenters. The predicted molar refractivity (Wildman–Crippen MR) is 129 cm³/mol. The molecule has 194 valence electrons. The minimum absolute atomic E-state index is 0.0395. The summed E-state index contributed by atoms with van der Waals surface area (Å²) in [6.45, 7) is 1.54. The molecule has 0 saturated heterocycles. The van der Waals surface area contributed by atoms with Crippen molar-refractivity contribution in [1.29, 1.82) is 0 Å². The molecule has 0 aromatic heterocycles. The predicted octanol–water partition coefficient (Wildman–Crippen LogP) is 5.50. The number of oxime groups is 1. The first-order valence-electron chi connectivity index (χ1n) is 11.0. The van der Waals surface area contributed by atoms with Crippen LogP contribution in [0.25, 0.3) is 5.76 Å². The van der Waals surface area contributed by atoms with Gasteiger partial charge in [-0.1, -0.05) is 47.6 Å². The lowest BCUT2D eigenvalue weighted by atomic mass is 9.91. The topological polar surface area (TPSA) is 102 Å². The fourth-order valence-electron chi connectivity index (χ4n) is 4.25. The Bertz CT molecular complexity index is 1480. The summed E-state index contributed by atoms with van der Waals surface area (Å²) >= 11 is 0. The lowest BCUT2D eigenvalue weighted by Gasteiger charge is -2.27. The molecule has 1 heterocycles. The highest BCUT2D eigenvalue weighted by Gasteiger charge is 2.44. The summed E-state index contributed by atoms with van der Waals surface area (Å²) in [5.41, 5.74) is 4.06. The van der Waals surface area contributed by atoms with Crippen LogP contribution in [0.5, 0.6) is 0 Å². The Balaban J connectivity index is 1.80. The fourth-order valence-corrected chi connectivity index (χ4v) is 5.93. The molecule has 0 amide bonds. The van der Waals surface area contributed by atoms with Crippen LogP contribution in [0.3, 0.4) is 0 Å². The molecule has 1 atom stereocenters. The van der Waals surface area contributed by atoms with Gasteiger partial charge < -0.3 is 15.7 Å². The van der Waals surface area contributed by atoms with Gasteiger partial charge in [-0.15, -0.1) is 0 Å². The highest BCUT2D eigenvalue weighted by Crippen LogP contribution is 2.46. The Kier molecular flexibility index (Phi) is 6.76. The summed E-state index contributed by atoms with van der Waals surface area (Å²) in [7, 11) is -4.21. The minimum Gasteiger partial charge on any atom is -0.485 e. The van der Waals surface area contributed by atoms with Crippen molar-refractivity contribution in [2.24, 2.45) is 10.9 Å². The van der Waals surface area contributed by atoms with Gasteiger partial charge in [0.25, 0.3) is 0 Å². The lowest BCUT2D eigenvalue weighted by molar-refractivity contribution is -0.138. The van der Waals surface area contributed by atoms with Crippen LogP contribution in [0.1, 0.15) is 35.6 Å². The van der Waals surface area contributed by atoms with Crippen LogP contribution < -0.4 is 5.73 Å². The number of amidine groups is 1. The standard InChI is InChI=1S/C26H22F4N2O4S/c1-25(14-18-4-2-3-5-21(18)26(28,29)30)15-22(37(34,35)20-12-10-19(27)11-13-20)23(36-25)16-6-8-17(9-7-16)24(31)32-33/h2-13,33H,14-15H2,1H3,(H2,31,32). The van der Waals surface area contributed by atoms with Gasteiger partial charge >= 0.3 is 6.18 Å². The third-order valence-corrected chi connectivity index (χ3v) is 7.89. The van der Waals surface area contributed by atoms with Crippen molar-refractivity contribution in [1.82, 2.24) is 0 Å². The van der Waals surface area contributed by atoms with Crippen molar-refractivity contribution in [3.8, 4) is 0 Å². The Hall–Kier alpha value is -3.86. The number of hydrogen-bond donors (Lipinski definition) is 2. The number of alkyl halides is 3. The van der Waals surface area contributed by atoms with Gasteiger partial charge in [0.1, 0.15) is 17.2 Å². The molecular formula is C26H22F4N2O4S. The molecule has 1 aliphatic heterocycles. The molecule has 4 rings (SSSR count). The monoisotopic (exact) mass is 534 g/mol. The molecule has 0 spiro atoms. The van der Waals surface area contributed by atoms with E-state index in [-0.39, 0.29) is 39.8 Å². The van der Waals surface area contributed by atoms with Crippen LogP contribution in [0.2, 0.25) is 0 Å². The zero-order chi connectivity index (χ0) is 27.0. The Labute approximate surface area is 210 Å². The molecule has 6 nitrogen and oxygen atoms in total. The SMILES string of the molecule is CC1(Cc2ccccc2C(F)(F)F)CC(S(=O)(=O)c2ccc(F)cc2)=C(c2ccc(/C(N)=N/O)cc2)O1. The molecule has 37 heavy (non-hydrogen) atoms. The second-order valence-electron chi connectivity index (χ2n) is 8.83. The van der Waals surface area contributed by atoms with E-state index < -0.39 is 33.0 Å². The van der Waals surface area contributed by atoms with E-state index in [0.717, 1.165) is 30.3 Å². The molecule has 0 radical (unpaired) electrons. The van der Waals surface area contributed by atoms with E-state index in [2.05, 4.69) is 5.16 Å². The van der Waals surface area contributed by atoms with Crippen LogP contribution in [0.4, 0.5) is 17.6 Å². The molecule has 3 aromatic carbocycles. The van der Waals surface area contributed by atoms with Crippen molar-refractivity contribution in [2.75, 3.05) is 0 Å². The molecule has 0 fully saturated rings. The highest BCUT2D eigenvalue weighted by atomic mass is 32.2. The third kappa shape index (κ3) is 5.31. The quantitative estimate of drug-likeness (QED) is 0.109. The number of nitrogens with two attached hydrogens (primary N) is 1. The maximum Gasteiger partial charge on any atom is 0.416 e. The molecule has 0 bridgehead atoms. The van der Waals surface area contributed by atoms with Gasteiger partial charge in [-0.2, -0.15) is 13.2 Å². The summed E-state index contributed by atoms with van der Waals surface area (Å²) in [4.78, 5) is -0.333. The van der Waals surface area contributed by atoms with Crippen molar-refractivity contribution in [3.05, 3.63) is 106 Å². The highest BCUT2D eigenvalue weighted by molar-refractivity contribution is 7.95. The van der Waals surface area contributed by atoms with Crippen LogP contribution >= 0.6 is 0 Å². The molecule has 11 heteroatoms. The summed E-state index contributed by atoms with van der Waals surface area (Å²) < 4.78 is 87.7. The Morgan fingerprint density at radius 2 is 1.68 bits per heavy atom. The van der Waals surface area contributed by atoms with Gasteiger partial charge in [0.2, 0.25) is 9.84 Å². The molecular weight excluding hydrogens is 512 g/mol. The van der Waals surface area contributed by atoms with E-state index in [4.69, 9.17) is 15.7 Å². The first kappa shape index (κ1) is 26.2. The number of rotatable bonds is 6. The molecule has 3 aromatic rings. The van der Waals surface area contributed by atoms with Crippen LogP contribution in [0, 0.1) is 5.82 Å². The smallest absolute Gasteiger partial charge is 0.416 e. The summed E-state index contributed by atoms with van der Waals surface area (Å²) in [6, 6.07) is 15.3. The first-order chi connectivity index (χ1) is 17.3. The largest absolute Gasteiger partial charge is 0.485 e. The van der Waals surface area contributed by atoms with Crippen molar-refractivity contribution in [2.45, 2.75) is 36.4 Å². The van der Waals surface area contributed by atoms with Crippen LogP contribution in [-0.4, -0.2) is 25.1 Å². The average molecular weight is 535 g/mol. The maximum atomic E-state index is 13.6. The number of hydrogen-bond acceptors (Lipinski definition) is 5. The van der Waals surface area contributed by atoms with E-state index in [1.54, 1.807) is 0 Å². The first-order valence-corrected chi connectivity index (χ1v) is 12.5. The van der Waals surface area contributed by atoms with Crippen LogP contribution in [-0.2, 0) is 27.2 Å². The number of nitrogens with zero attached hydrogens (tertiary/aromatic N) is 1. The van der Waals surface area contributed by atoms with Gasteiger partial charge in [-0.3, -0.25) is 0 Å². The minimum atomic E-state index is -4.60. The molecule has 1 aliphatic rings. The zero-order valence-corrected chi connectivity index (χ0v) is 20.3. The molecule has 0 aliphatic carbocycles. The summed E-state index contributed by atoms with van der Waals surface area (Å²) in [5, 5.41) is 11.8. The van der Waals surface area contributed by atoms with Crippen molar-refractivity contribution in [3.63, 3.8) is 0 Å². The van der Waals surface area contributed by atoms with E-state index in [9.17, 15) is 26.0 Å². The zero-order valence-electron chi connectivity index (χ0n) is 19.5. The lowest BCUT2D eigenvalue weighted by Crippen LogP contribution is -2.29. The normalized spacial score (nSPS) is 18.7. The van der Waals surface area contributed by atoms with Crippen molar-refractivity contribution >= 4 is 21.4 Å². The van der Waals surface area contributed by atoms with Gasteiger partial charge in [0, 0.05) is 24.0 Å². The molecule has 3 N–H and O–H groups in total. The van der Waals surface area contributed by atoms with E-state index in [0.29, 0.717) is 11.1 Å². The second kappa shape index (κ2) is 9.55. The van der Waals surface area contributed by atoms with Gasteiger partial charge in [0.05, 0.1) is 15.4 Å². The van der Waals surface area contributed by atoms with Gasteiger partial charge in [-0.25, -0.2) is 12.8 Å². The van der Waals surface area contributed by atoms with E-state index in [1.807, 2.05) is 0 Å². The average Bonchev–Trinajstić information content (AvgIpc) is 3.21. The van der Waals surface area contributed by atoms with Crippen LogP contribution in [0.15, 0.2) is 87.8 Å². The fraction of sp³-hybridized carbons (Fsp3) is 0.192. The Morgan fingerprint density at radius 3 is 2.27 bits per heavy atom. The van der Waals surface area contributed by atoms with Gasteiger partial charge in [-0.05, 0) is 42.8 Å².